The molecule has 1 aliphatic rings. The number of nitrogens with zero attached hydrogens (tertiary/aromatic N) is 3. The van der Waals surface area contributed by atoms with Crippen molar-refractivity contribution in [3.8, 4) is 40.2 Å². The Morgan fingerprint density at radius 1 is 1.13 bits per heavy atom. The first-order valence-corrected chi connectivity index (χ1v) is 9.53. The van der Waals surface area contributed by atoms with Crippen molar-refractivity contribution in [2.75, 3.05) is 19.2 Å². The quantitative estimate of drug-likeness (QED) is 0.511. The molecule has 0 atom stereocenters. The van der Waals surface area contributed by atoms with Gasteiger partial charge in [-0.05, 0) is 54.6 Å². The van der Waals surface area contributed by atoms with Crippen LogP contribution in [0.15, 0.2) is 65.3 Å². The summed E-state index contributed by atoms with van der Waals surface area (Å²) in [5.74, 6) is 2.60. The highest BCUT2D eigenvalue weighted by atomic mass is 16.7. The predicted molar refractivity (Wildman–Crippen MR) is 111 cm³/mol. The van der Waals surface area contributed by atoms with Crippen LogP contribution in [0.3, 0.4) is 0 Å². The summed E-state index contributed by atoms with van der Waals surface area (Å²) < 4.78 is 23.0. The fraction of sp³-hybridized carbons (Fsp3) is 0.136. The van der Waals surface area contributed by atoms with E-state index in [0.29, 0.717) is 34.6 Å². The maximum Gasteiger partial charge on any atom is 0.274 e. The summed E-state index contributed by atoms with van der Waals surface area (Å²) in [5, 5.41) is 6.92. The molecule has 0 unspecified atom stereocenters. The van der Waals surface area contributed by atoms with Crippen LogP contribution < -0.4 is 19.5 Å². The summed E-state index contributed by atoms with van der Waals surface area (Å²) >= 11 is 0. The van der Waals surface area contributed by atoms with Crippen molar-refractivity contribution >= 4 is 11.6 Å². The molecule has 0 spiro atoms. The smallest absolute Gasteiger partial charge is 0.274 e. The third kappa shape index (κ3) is 3.80. The lowest BCUT2D eigenvalue weighted by molar-refractivity contribution is -0.116. The van der Waals surface area contributed by atoms with Crippen molar-refractivity contribution in [2.24, 2.45) is 0 Å². The van der Waals surface area contributed by atoms with Gasteiger partial charge in [0.2, 0.25) is 18.5 Å². The molecule has 5 rings (SSSR count). The number of anilines is 1. The number of nitrogens with one attached hydrogen (secondary N) is 1. The normalized spacial score (nSPS) is 12.0. The molecule has 0 fully saturated rings. The molecule has 1 amide bonds. The van der Waals surface area contributed by atoms with Gasteiger partial charge in [0.05, 0.1) is 7.11 Å². The van der Waals surface area contributed by atoms with E-state index in [2.05, 4.69) is 15.5 Å². The number of fused-ring (bicyclic) bond motifs is 1. The summed E-state index contributed by atoms with van der Waals surface area (Å²) in [4.78, 5) is 17.0. The summed E-state index contributed by atoms with van der Waals surface area (Å²) in [6.45, 7) is 0.290. The van der Waals surface area contributed by atoms with Crippen LogP contribution in [0.1, 0.15) is 0 Å². The Morgan fingerprint density at radius 3 is 2.81 bits per heavy atom. The van der Waals surface area contributed by atoms with Gasteiger partial charge in [-0.3, -0.25) is 4.79 Å². The molecule has 0 saturated carbocycles. The lowest BCUT2D eigenvalue weighted by Gasteiger charge is -2.08. The van der Waals surface area contributed by atoms with Gasteiger partial charge in [-0.2, -0.15) is 4.98 Å². The van der Waals surface area contributed by atoms with Crippen molar-refractivity contribution in [1.82, 2.24) is 14.7 Å². The average molecular weight is 418 g/mol. The van der Waals surface area contributed by atoms with Gasteiger partial charge in [0, 0.05) is 17.4 Å². The van der Waals surface area contributed by atoms with Crippen molar-refractivity contribution < 1.29 is 23.5 Å². The molecule has 1 N–H and O–H groups in total. The minimum absolute atomic E-state index is 0.0934. The molecule has 2 aromatic heterocycles. The first kappa shape index (κ1) is 18.7. The summed E-state index contributed by atoms with van der Waals surface area (Å²) in [5.41, 5.74) is 2.07. The first-order valence-electron chi connectivity index (χ1n) is 9.53. The van der Waals surface area contributed by atoms with Gasteiger partial charge < -0.3 is 28.6 Å². The van der Waals surface area contributed by atoms with Crippen molar-refractivity contribution in [2.45, 2.75) is 6.54 Å². The van der Waals surface area contributed by atoms with Crippen LogP contribution >= 0.6 is 0 Å². The average Bonchev–Trinajstić information content (AvgIpc) is 3.54. The molecule has 0 bridgehead atoms. The number of methoxy groups -OCH3 is 1. The molecular formula is C22H18N4O5. The minimum atomic E-state index is -0.182. The number of hydrogen-bond acceptors (Lipinski definition) is 7. The highest BCUT2D eigenvalue weighted by Gasteiger charge is 2.19. The molecule has 4 aromatic rings. The third-order valence-electron chi connectivity index (χ3n) is 4.79. The Kier molecular flexibility index (Phi) is 4.75. The number of amides is 1. The van der Waals surface area contributed by atoms with E-state index in [1.54, 1.807) is 54.3 Å². The van der Waals surface area contributed by atoms with Crippen LogP contribution in [0.4, 0.5) is 5.69 Å². The van der Waals surface area contributed by atoms with Gasteiger partial charge in [0.15, 0.2) is 11.5 Å². The van der Waals surface area contributed by atoms with E-state index in [-0.39, 0.29) is 19.2 Å². The highest BCUT2D eigenvalue weighted by molar-refractivity contribution is 5.90. The number of carbonyl (C=O) groups excluding carboxylic acids is 1. The third-order valence-corrected chi connectivity index (χ3v) is 4.79. The number of carbonyl (C=O) groups is 1. The first-order chi connectivity index (χ1) is 15.2. The number of benzene rings is 2. The molecule has 0 aliphatic carbocycles. The zero-order valence-corrected chi connectivity index (χ0v) is 16.6. The number of hydrogen-bond donors (Lipinski definition) is 1. The van der Waals surface area contributed by atoms with E-state index in [9.17, 15) is 4.79 Å². The van der Waals surface area contributed by atoms with Crippen LogP contribution in [-0.2, 0) is 11.3 Å². The van der Waals surface area contributed by atoms with Gasteiger partial charge in [-0.15, -0.1) is 0 Å². The SMILES string of the molecule is COc1ccc(NC(=O)Cn2cccc2-c2nc(-c3ccc4c(c3)OCO4)no2)cc1. The lowest BCUT2D eigenvalue weighted by atomic mass is 10.2. The van der Waals surface area contributed by atoms with Gasteiger partial charge in [-0.1, -0.05) is 5.16 Å². The lowest BCUT2D eigenvalue weighted by Crippen LogP contribution is -2.18. The number of aromatic nitrogens is 3. The van der Waals surface area contributed by atoms with Crippen molar-refractivity contribution in [3.63, 3.8) is 0 Å². The fourth-order valence-corrected chi connectivity index (χ4v) is 3.26. The highest BCUT2D eigenvalue weighted by Crippen LogP contribution is 2.35. The van der Waals surface area contributed by atoms with E-state index in [0.717, 1.165) is 11.3 Å². The zero-order chi connectivity index (χ0) is 21.2. The van der Waals surface area contributed by atoms with Gasteiger partial charge in [0.1, 0.15) is 18.0 Å². The van der Waals surface area contributed by atoms with Crippen molar-refractivity contribution in [1.29, 1.82) is 0 Å². The van der Waals surface area contributed by atoms with Gasteiger partial charge >= 0.3 is 0 Å². The molecule has 31 heavy (non-hydrogen) atoms. The fourth-order valence-electron chi connectivity index (χ4n) is 3.26. The van der Waals surface area contributed by atoms with Crippen LogP contribution in [0.5, 0.6) is 17.2 Å². The summed E-state index contributed by atoms with van der Waals surface area (Å²) in [7, 11) is 1.59. The second kappa shape index (κ2) is 7.86. The van der Waals surface area contributed by atoms with Gasteiger partial charge in [-0.25, -0.2) is 0 Å². The minimum Gasteiger partial charge on any atom is -0.497 e. The molecule has 2 aromatic carbocycles. The Hall–Kier alpha value is -4.27. The topological polar surface area (TPSA) is 101 Å². The Labute approximate surface area is 177 Å². The maximum absolute atomic E-state index is 12.5. The Bertz CT molecular complexity index is 1230. The Morgan fingerprint density at radius 2 is 1.97 bits per heavy atom. The maximum atomic E-state index is 12.5. The van der Waals surface area contributed by atoms with E-state index in [1.165, 1.54) is 0 Å². The second-order valence-electron chi connectivity index (χ2n) is 6.79. The largest absolute Gasteiger partial charge is 0.497 e. The van der Waals surface area contributed by atoms with E-state index >= 15 is 0 Å². The standard InChI is InChI=1S/C22H18N4O5/c1-28-16-7-5-15(6-8-16)23-20(27)12-26-10-2-3-17(26)22-24-21(25-31-22)14-4-9-18-19(11-14)30-13-29-18/h2-11H,12-13H2,1H3,(H,23,27). The molecule has 9 heteroatoms. The summed E-state index contributed by atoms with van der Waals surface area (Å²) in [6.07, 6.45) is 1.79. The summed E-state index contributed by atoms with van der Waals surface area (Å²) in [6, 6.07) is 16.2. The molecule has 156 valence electrons. The molecule has 0 saturated heterocycles. The predicted octanol–water partition coefficient (Wildman–Crippen LogP) is 3.58. The van der Waals surface area contributed by atoms with Crippen molar-refractivity contribution in [3.05, 3.63) is 60.8 Å². The van der Waals surface area contributed by atoms with Crippen LogP contribution in [0, 0.1) is 0 Å². The molecule has 3 heterocycles. The van der Waals surface area contributed by atoms with Gasteiger partial charge in [0.25, 0.3) is 5.89 Å². The van der Waals surface area contributed by atoms with Crippen LogP contribution in [0.25, 0.3) is 23.0 Å². The van der Waals surface area contributed by atoms with E-state index in [4.69, 9.17) is 18.7 Å². The van der Waals surface area contributed by atoms with Crippen LogP contribution in [0.2, 0.25) is 0 Å². The van der Waals surface area contributed by atoms with E-state index in [1.807, 2.05) is 18.2 Å². The monoisotopic (exact) mass is 418 g/mol. The van der Waals surface area contributed by atoms with Crippen LogP contribution in [-0.4, -0.2) is 34.5 Å². The number of ether oxygens (including phenoxy) is 3. The zero-order valence-electron chi connectivity index (χ0n) is 16.6. The molecule has 9 nitrogen and oxygen atoms in total. The molecule has 1 aliphatic heterocycles. The molecular weight excluding hydrogens is 400 g/mol. The number of rotatable bonds is 6. The Balaban J connectivity index is 1.31. The molecule has 0 radical (unpaired) electrons. The second-order valence-corrected chi connectivity index (χ2v) is 6.79. The van der Waals surface area contributed by atoms with E-state index < -0.39 is 0 Å².